The average Bonchev–Trinajstić information content (AvgIpc) is 3.51. The number of halogens is 1. The molecule has 0 bridgehead atoms. The van der Waals surface area contributed by atoms with Crippen molar-refractivity contribution in [2.75, 3.05) is 27.4 Å². The standard InChI is InChI=1S/C38H48ClN3O4/c1-9-37(3,4)26-16-19-34(31(22-26)38(5,6)10-2)46-21-12-11-20-40-36(43)33-25-32(30-18-17-29(44-7)24-35(30)45-8)41-42(33)28-15-13-14-27(39)23-28/h13-19,22-25H,9-12,20-21H2,1-8H3,(H,40,43). The van der Waals surface area contributed by atoms with Gasteiger partial charge in [-0.1, -0.05) is 71.3 Å². The number of benzene rings is 3. The molecule has 0 saturated heterocycles. The summed E-state index contributed by atoms with van der Waals surface area (Å²) in [6, 6.07) is 21.2. The molecule has 0 aliphatic rings. The lowest BCUT2D eigenvalue weighted by molar-refractivity contribution is 0.0944. The molecule has 0 fully saturated rings. The van der Waals surface area contributed by atoms with Gasteiger partial charge in [0.05, 0.1) is 32.2 Å². The second-order valence-electron chi connectivity index (χ2n) is 12.9. The van der Waals surface area contributed by atoms with Crippen LogP contribution in [0.1, 0.15) is 88.8 Å². The van der Waals surface area contributed by atoms with E-state index in [1.54, 1.807) is 43.2 Å². The highest BCUT2D eigenvalue weighted by atomic mass is 35.5. The van der Waals surface area contributed by atoms with E-state index in [9.17, 15) is 4.79 Å². The van der Waals surface area contributed by atoms with Gasteiger partial charge in [0.15, 0.2) is 0 Å². The third-order valence-electron chi connectivity index (χ3n) is 9.05. The number of aromatic nitrogens is 2. The molecule has 1 amide bonds. The van der Waals surface area contributed by atoms with Crippen molar-refractivity contribution < 1.29 is 19.0 Å². The molecule has 0 aliphatic heterocycles. The van der Waals surface area contributed by atoms with Gasteiger partial charge >= 0.3 is 0 Å². The molecular weight excluding hydrogens is 598 g/mol. The zero-order valence-corrected chi connectivity index (χ0v) is 29.3. The summed E-state index contributed by atoms with van der Waals surface area (Å²) in [5.41, 5.74) is 5.12. The van der Waals surface area contributed by atoms with Crippen molar-refractivity contribution in [1.82, 2.24) is 15.1 Å². The topological polar surface area (TPSA) is 74.6 Å². The molecular formula is C38H48ClN3O4. The number of carbonyl (C=O) groups excluding carboxylic acids is 1. The van der Waals surface area contributed by atoms with Crippen molar-refractivity contribution in [2.45, 2.75) is 78.1 Å². The van der Waals surface area contributed by atoms with Crippen LogP contribution in [0, 0.1) is 0 Å². The number of amides is 1. The SMILES string of the molecule is CCC(C)(C)c1ccc(OCCCCNC(=O)c2cc(-c3ccc(OC)cc3OC)nn2-c2cccc(Cl)c2)c(C(C)(C)CC)c1. The predicted molar refractivity (Wildman–Crippen MR) is 187 cm³/mol. The van der Waals surface area contributed by atoms with Crippen LogP contribution >= 0.6 is 11.6 Å². The minimum Gasteiger partial charge on any atom is -0.497 e. The van der Waals surface area contributed by atoms with Gasteiger partial charge in [0.1, 0.15) is 22.9 Å². The monoisotopic (exact) mass is 645 g/mol. The molecule has 1 N–H and O–H groups in total. The fourth-order valence-electron chi connectivity index (χ4n) is 5.19. The molecule has 0 saturated carbocycles. The van der Waals surface area contributed by atoms with E-state index in [0.717, 1.165) is 37.0 Å². The molecule has 1 heterocycles. The number of nitrogens with zero attached hydrogens (tertiary/aromatic N) is 2. The Kier molecular flexibility index (Phi) is 11.4. The fourth-order valence-corrected chi connectivity index (χ4v) is 5.38. The van der Waals surface area contributed by atoms with Crippen LogP contribution in [0.15, 0.2) is 66.7 Å². The number of carbonyl (C=O) groups is 1. The summed E-state index contributed by atoms with van der Waals surface area (Å²) < 4.78 is 18.9. The van der Waals surface area contributed by atoms with E-state index >= 15 is 0 Å². The second kappa shape index (κ2) is 15.1. The van der Waals surface area contributed by atoms with Crippen LogP contribution in [-0.4, -0.2) is 43.1 Å². The maximum atomic E-state index is 13.5. The summed E-state index contributed by atoms with van der Waals surface area (Å²) in [7, 11) is 3.20. The molecule has 4 rings (SSSR count). The molecule has 246 valence electrons. The van der Waals surface area contributed by atoms with Crippen molar-refractivity contribution in [3.63, 3.8) is 0 Å². The molecule has 0 unspecified atom stereocenters. The van der Waals surface area contributed by atoms with E-state index in [-0.39, 0.29) is 16.7 Å². The molecule has 3 aromatic carbocycles. The van der Waals surface area contributed by atoms with Crippen LogP contribution in [-0.2, 0) is 10.8 Å². The molecule has 1 aromatic heterocycles. The first-order valence-corrected chi connectivity index (χ1v) is 16.5. The summed E-state index contributed by atoms with van der Waals surface area (Å²) in [6.45, 7) is 14.7. The first-order chi connectivity index (χ1) is 21.9. The highest BCUT2D eigenvalue weighted by Crippen LogP contribution is 2.39. The van der Waals surface area contributed by atoms with Crippen molar-refractivity contribution >= 4 is 17.5 Å². The van der Waals surface area contributed by atoms with Crippen molar-refractivity contribution in [3.8, 4) is 34.2 Å². The summed E-state index contributed by atoms with van der Waals surface area (Å²) in [5, 5.41) is 8.41. The Hall–Kier alpha value is -3.97. The van der Waals surface area contributed by atoms with E-state index in [0.29, 0.717) is 46.7 Å². The Morgan fingerprint density at radius 2 is 1.63 bits per heavy atom. The van der Waals surface area contributed by atoms with Gasteiger partial charge in [-0.05, 0) is 84.5 Å². The minimum absolute atomic E-state index is 0.00373. The number of hydrogen-bond acceptors (Lipinski definition) is 5. The zero-order valence-electron chi connectivity index (χ0n) is 28.5. The lowest BCUT2D eigenvalue weighted by Crippen LogP contribution is -2.27. The predicted octanol–water partition coefficient (Wildman–Crippen LogP) is 9.17. The van der Waals surface area contributed by atoms with Crippen LogP contribution in [0.2, 0.25) is 5.02 Å². The Morgan fingerprint density at radius 1 is 0.870 bits per heavy atom. The van der Waals surface area contributed by atoms with E-state index in [4.69, 9.17) is 30.9 Å². The van der Waals surface area contributed by atoms with Crippen molar-refractivity contribution in [1.29, 1.82) is 0 Å². The number of rotatable bonds is 15. The van der Waals surface area contributed by atoms with E-state index in [1.165, 1.54) is 11.1 Å². The average molecular weight is 646 g/mol. The number of nitrogens with one attached hydrogen (secondary N) is 1. The van der Waals surface area contributed by atoms with Crippen molar-refractivity contribution in [2.24, 2.45) is 0 Å². The van der Waals surface area contributed by atoms with Gasteiger partial charge in [-0.25, -0.2) is 4.68 Å². The number of methoxy groups -OCH3 is 2. The highest BCUT2D eigenvalue weighted by molar-refractivity contribution is 6.30. The molecule has 46 heavy (non-hydrogen) atoms. The Bertz CT molecular complexity index is 1640. The summed E-state index contributed by atoms with van der Waals surface area (Å²) in [5.74, 6) is 1.97. The largest absolute Gasteiger partial charge is 0.497 e. The zero-order chi connectivity index (χ0) is 33.5. The molecule has 0 atom stereocenters. The molecule has 0 spiro atoms. The summed E-state index contributed by atoms with van der Waals surface area (Å²) in [4.78, 5) is 13.5. The quantitative estimate of drug-likeness (QED) is 0.131. The van der Waals surface area contributed by atoms with Crippen LogP contribution in [0.4, 0.5) is 0 Å². The Balaban J connectivity index is 1.45. The lowest BCUT2D eigenvalue weighted by Gasteiger charge is -2.30. The third kappa shape index (κ3) is 8.05. The maximum Gasteiger partial charge on any atom is 0.270 e. The van der Waals surface area contributed by atoms with Gasteiger partial charge < -0.3 is 19.5 Å². The minimum atomic E-state index is -0.228. The second-order valence-corrected chi connectivity index (χ2v) is 13.3. The van der Waals surface area contributed by atoms with Crippen LogP contribution < -0.4 is 19.5 Å². The molecule has 8 heteroatoms. The third-order valence-corrected chi connectivity index (χ3v) is 9.29. The summed E-state index contributed by atoms with van der Waals surface area (Å²) >= 11 is 6.30. The highest BCUT2D eigenvalue weighted by Gasteiger charge is 2.27. The molecule has 0 radical (unpaired) electrons. The van der Waals surface area contributed by atoms with Gasteiger partial charge in [0.2, 0.25) is 0 Å². The first-order valence-electron chi connectivity index (χ1n) is 16.1. The van der Waals surface area contributed by atoms with Gasteiger partial charge in [0, 0.05) is 28.8 Å². The fraction of sp³-hybridized carbons (Fsp3) is 0.421. The molecule has 0 aliphatic carbocycles. The lowest BCUT2D eigenvalue weighted by atomic mass is 9.76. The van der Waals surface area contributed by atoms with E-state index in [1.807, 2.05) is 24.3 Å². The normalized spacial score (nSPS) is 11.8. The van der Waals surface area contributed by atoms with Crippen LogP contribution in [0.5, 0.6) is 17.2 Å². The Labute approximate surface area is 279 Å². The number of ether oxygens (including phenoxy) is 3. The van der Waals surface area contributed by atoms with Gasteiger partial charge in [0.25, 0.3) is 5.91 Å². The van der Waals surface area contributed by atoms with Crippen LogP contribution in [0.3, 0.4) is 0 Å². The first kappa shape index (κ1) is 34.9. The van der Waals surface area contributed by atoms with Gasteiger partial charge in [-0.2, -0.15) is 5.10 Å². The van der Waals surface area contributed by atoms with Crippen molar-refractivity contribution in [3.05, 3.63) is 88.6 Å². The molecule has 7 nitrogen and oxygen atoms in total. The van der Waals surface area contributed by atoms with Gasteiger partial charge in [-0.15, -0.1) is 0 Å². The maximum absolute atomic E-state index is 13.5. The van der Waals surface area contributed by atoms with E-state index in [2.05, 4.69) is 65.1 Å². The number of hydrogen-bond donors (Lipinski definition) is 1. The Morgan fingerprint density at radius 3 is 2.30 bits per heavy atom. The number of unbranched alkanes of at least 4 members (excludes halogenated alkanes) is 1. The summed E-state index contributed by atoms with van der Waals surface area (Å²) in [6.07, 6.45) is 3.66. The van der Waals surface area contributed by atoms with Gasteiger partial charge in [-0.3, -0.25) is 4.79 Å². The van der Waals surface area contributed by atoms with Crippen LogP contribution in [0.25, 0.3) is 16.9 Å². The molecule has 4 aromatic rings. The smallest absolute Gasteiger partial charge is 0.270 e. The van der Waals surface area contributed by atoms with E-state index < -0.39 is 0 Å².